The first-order valence-electron chi connectivity index (χ1n) is 11.2. The van der Waals surface area contributed by atoms with E-state index >= 15 is 0 Å². The van der Waals surface area contributed by atoms with Crippen LogP contribution in [0.5, 0.6) is 0 Å². The zero-order valence-electron chi connectivity index (χ0n) is 18.7. The summed E-state index contributed by atoms with van der Waals surface area (Å²) in [5.74, 6) is -0.432. The molecular formula is C25H28FN5O. The van der Waals surface area contributed by atoms with Crippen LogP contribution in [0.1, 0.15) is 31.5 Å². The Bertz CT molecular complexity index is 1200. The van der Waals surface area contributed by atoms with Crippen molar-refractivity contribution in [2.75, 3.05) is 19.6 Å². The molecule has 2 aromatic heterocycles. The topological polar surface area (TPSA) is 52.9 Å². The van der Waals surface area contributed by atoms with Crippen LogP contribution in [0.4, 0.5) is 4.39 Å². The first-order valence-corrected chi connectivity index (χ1v) is 11.2. The number of pyridine rings is 1. The Balaban J connectivity index is 1.50. The lowest BCUT2D eigenvalue weighted by Crippen LogP contribution is -2.48. The van der Waals surface area contributed by atoms with E-state index < -0.39 is 0 Å². The number of fused-ring (bicyclic) bond motifs is 2. The number of piperazine rings is 1. The molecule has 6 nitrogen and oxygen atoms in total. The molecule has 3 aliphatic rings. The standard InChI is InChI=1S/C25H28FN5O/c1-16-4-5-20-6-7-21(29-9-8-27-17(2)12-29)15-31(20)24(32)11-22(16)19-10-23(26)25-28-18(3)13-30(25)14-19/h5-7,10-11,13-17,27H,4,8-9,12H2,1-3H3. The number of hydrogen-bond donors (Lipinski definition) is 1. The highest BCUT2D eigenvalue weighted by molar-refractivity contribution is 5.98. The largest absolute Gasteiger partial charge is 0.368 e. The molecule has 2 unspecified atom stereocenters. The molecule has 5 rings (SSSR count). The number of aromatic nitrogens is 2. The van der Waals surface area contributed by atoms with Crippen molar-refractivity contribution >= 4 is 17.1 Å². The fourth-order valence-electron chi connectivity index (χ4n) is 4.69. The molecule has 0 aromatic carbocycles. The minimum atomic E-state index is -0.384. The first-order chi connectivity index (χ1) is 15.4. The quantitative estimate of drug-likeness (QED) is 0.786. The van der Waals surface area contributed by atoms with Gasteiger partial charge in [-0.15, -0.1) is 0 Å². The van der Waals surface area contributed by atoms with Crippen LogP contribution in [0.15, 0.2) is 60.4 Å². The lowest BCUT2D eigenvalue weighted by atomic mass is 9.90. The Kier molecular flexibility index (Phi) is 5.21. The number of nitrogens with zero attached hydrogens (tertiary/aromatic N) is 4. The minimum absolute atomic E-state index is 0.0721. The Morgan fingerprint density at radius 3 is 2.81 bits per heavy atom. The lowest BCUT2D eigenvalue weighted by molar-refractivity contribution is -0.122. The summed E-state index contributed by atoms with van der Waals surface area (Å²) < 4.78 is 16.4. The maximum absolute atomic E-state index is 14.7. The van der Waals surface area contributed by atoms with E-state index in [9.17, 15) is 9.18 Å². The van der Waals surface area contributed by atoms with Crippen LogP contribution in [0, 0.1) is 18.7 Å². The van der Waals surface area contributed by atoms with E-state index in [0.29, 0.717) is 17.3 Å². The van der Waals surface area contributed by atoms with E-state index in [1.54, 1.807) is 21.6 Å². The molecule has 0 aliphatic carbocycles. The van der Waals surface area contributed by atoms with Gasteiger partial charge >= 0.3 is 0 Å². The second-order valence-corrected chi connectivity index (χ2v) is 8.95. The van der Waals surface area contributed by atoms with Gasteiger partial charge in [-0.05, 0) is 55.5 Å². The predicted octanol–water partition coefficient (Wildman–Crippen LogP) is 3.62. The summed E-state index contributed by atoms with van der Waals surface area (Å²) in [5, 5.41) is 3.45. The van der Waals surface area contributed by atoms with Gasteiger partial charge in [0.25, 0.3) is 5.91 Å². The van der Waals surface area contributed by atoms with E-state index in [0.717, 1.165) is 48.7 Å². The van der Waals surface area contributed by atoms with Gasteiger partial charge in [-0.3, -0.25) is 9.69 Å². The molecule has 3 aliphatic heterocycles. The molecule has 166 valence electrons. The molecule has 0 bridgehead atoms. The number of rotatable bonds is 2. The average Bonchev–Trinajstić information content (AvgIpc) is 3.15. The number of amides is 1. The van der Waals surface area contributed by atoms with Crippen molar-refractivity contribution in [2.24, 2.45) is 5.92 Å². The van der Waals surface area contributed by atoms with Crippen molar-refractivity contribution < 1.29 is 9.18 Å². The SMILES string of the molecule is Cc1cn2cc(C3=CC(=O)N4C=C(N5CCNC(C)C5)C=CC4=CCC3C)cc(F)c2n1. The van der Waals surface area contributed by atoms with Crippen LogP contribution in [0.25, 0.3) is 11.2 Å². The highest BCUT2D eigenvalue weighted by Crippen LogP contribution is 2.32. The summed E-state index contributed by atoms with van der Waals surface area (Å²) in [4.78, 5) is 21.6. The van der Waals surface area contributed by atoms with E-state index in [4.69, 9.17) is 0 Å². The van der Waals surface area contributed by atoms with Crippen LogP contribution < -0.4 is 5.32 Å². The molecule has 1 N–H and O–H groups in total. The molecular weight excluding hydrogens is 405 g/mol. The van der Waals surface area contributed by atoms with Gasteiger partial charge in [0.1, 0.15) is 0 Å². The van der Waals surface area contributed by atoms with Crippen LogP contribution in [-0.4, -0.2) is 50.8 Å². The Morgan fingerprint density at radius 1 is 1.19 bits per heavy atom. The number of imidazole rings is 1. The van der Waals surface area contributed by atoms with E-state index in [1.807, 2.05) is 25.4 Å². The normalized spacial score (nSPS) is 24.0. The molecule has 7 heteroatoms. The zero-order chi connectivity index (χ0) is 22.4. The van der Waals surface area contributed by atoms with Crippen molar-refractivity contribution in [1.82, 2.24) is 24.5 Å². The van der Waals surface area contributed by atoms with Crippen molar-refractivity contribution in [2.45, 2.75) is 33.2 Å². The summed E-state index contributed by atoms with van der Waals surface area (Å²) in [5.41, 5.74) is 4.52. The predicted molar refractivity (Wildman–Crippen MR) is 123 cm³/mol. The van der Waals surface area contributed by atoms with Crippen LogP contribution in [-0.2, 0) is 4.79 Å². The van der Waals surface area contributed by atoms with Gasteiger partial charge in [-0.2, -0.15) is 0 Å². The molecule has 1 fully saturated rings. The highest BCUT2D eigenvalue weighted by atomic mass is 19.1. The highest BCUT2D eigenvalue weighted by Gasteiger charge is 2.25. The molecule has 32 heavy (non-hydrogen) atoms. The first kappa shape index (κ1) is 20.7. The second-order valence-electron chi connectivity index (χ2n) is 8.95. The molecule has 2 atom stereocenters. The van der Waals surface area contributed by atoms with Gasteiger partial charge in [0.15, 0.2) is 11.5 Å². The van der Waals surface area contributed by atoms with Crippen LogP contribution in [0.2, 0.25) is 0 Å². The van der Waals surface area contributed by atoms with Crippen LogP contribution >= 0.6 is 0 Å². The summed E-state index contributed by atoms with van der Waals surface area (Å²) >= 11 is 0. The summed E-state index contributed by atoms with van der Waals surface area (Å²) in [6, 6.07) is 1.89. The second kappa shape index (κ2) is 8.06. The molecule has 5 heterocycles. The van der Waals surface area contributed by atoms with Gasteiger partial charge in [0, 0.05) is 56.0 Å². The Labute approximate surface area is 187 Å². The van der Waals surface area contributed by atoms with E-state index in [-0.39, 0.29) is 17.6 Å². The number of aryl methyl sites for hydroxylation is 1. The third-order valence-electron chi connectivity index (χ3n) is 6.39. The van der Waals surface area contributed by atoms with Crippen molar-refractivity contribution in [1.29, 1.82) is 0 Å². The molecule has 0 saturated carbocycles. The fourth-order valence-corrected chi connectivity index (χ4v) is 4.69. The number of halogens is 1. The van der Waals surface area contributed by atoms with Crippen molar-refractivity contribution in [3.05, 3.63) is 77.4 Å². The third kappa shape index (κ3) is 3.77. The summed E-state index contributed by atoms with van der Waals surface area (Å²) in [7, 11) is 0. The number of carbonyl (C=O) groups excluding carboxylic acids is 1. The fraction of sp³-hybridized carbons (Fsp3) is 0.360. The Morgan fingerprint density at radius 2 is 2.00 bits per heavy atom. The smallest absolute Gasteiger partial charge is 0.255 e. The number of carbonyl (C=O) groups is 1. The molecule has 1 saturated heterocycles. The number of allylic oxidation sites excluding steroid dienone is 4. The Hall–Kier alpha value is -3.19. The van der Waals surface area contributed by atoms with E-state index in [2.05, 4.69) is 41.2 Å². The van der Waals surface area contributed by atoms with Gasteiger partial charge in [-0.1, -0.05) is 13.0 Å². The summed E-state index contributed by atoms with van der Waals surface area (Å²) in [6.07, 6.45) is 14.2. The zero-order valence-corrected chi connectivity index (χ0v) is 18.7. The summed E-state index contributed by atoms with van der Waals surface area (Å²) in [6.45, 7) is 8.81. The third-order valence-corrected chi connectivity index (χ3v) is 6.39. The van der Waals surface area contributed by atoms with Gasteiger partial charge in [0.05, 0.1) is 11.4 Å². The van der Waals surface area contributed by atoms with Gasteiger partial charge in [-0.25, -0.2) is 9.37 Å². The monoisotopic (exact) mass is 433 g/mol. The minimum Gasteiger partial charge on any atom is -0.368 e. The molecule has 2 aromatic rings. The van der Waals surface area contributed by atoms with Crippen molar-refractivity contribution in [3.63, 3.8) is 0 Å². The molecule has 0 radical (unpaired) electrons. The lowest BCUT2D eigenvalue weighted by Gasteiger charge is -2.36. The van der Waals surface area contributed by atoms with Gasteiger partial charge < -0.3 is 14.6 Å². The molecule has 1 amide bonds. The number of nitrogens with one attached hydrogen (secondary N) is 1. The van der Waals surface area contributed by atoms with Crippen LogP contribution in [0.3, 0.4) is 0 Å². The average molecular weight is 434 g/mol. The maximum atomic E-state index is 14.7. The molecule has 0 spiro atoms. The maximum Gasteiger partial charge on any atom is 0.255 e. The van der Waals surface area contributed by atoms with E-state index in [1.165, 1.54) is 6.07 Å². The van der Waals surface area contributed by atoms with Gasteiger partial charge in [0.2, 0.25) is 0 Å². The number of hydrogen-bond acceptors (Lipinski definition) is 4. The van der Waals surface area contributed by atoms with Crippen molar-refractivity contribution in [3.8, 4) is 0 Å².